The Hall–Kier alpha value is -4.80. The molecule has 1 amide bonds. The fraction of sp³-hybridized carbons (Fsp3) is 0.179. The molecule has 1 aliphatic rings. The van der Waals surface area contributed by atoms with Gasteiger partial charge in [-0.25, -0.2) is 19.9 Å². The molecule has 196 valence electrons. The number of nitrogens with two attached hydrogens (primary N) is 1. The van der Waals surface area contributed by atoms with Crippen LogP contribution in [0.5, 0.6) is 0 Å². The van der Waals surface area contributed by atoms with Gasteiger partial charge >= 0.3 is 6.18 Å². The number of amides is 1. The molecule has 3 aromatic heterocycles. The third-order valence-corrected chi connectivity index (χ3v) is 6.97. The van der Waals surface area contributed by atoms with Gasteiger partial charge in [-0.2, -0.15) is 13.2 Å². The number of carbonyl (C=O) groups excluding carboxylic acids is 1. The number of anilines is 2. The van der Waals surface area contributed by atoms with E-state index in [1.165, 1.54) is 4.40 Å². The molecule has 0 bridgehead atoms. The lowest BCUT2D eigenvalue weighted by molar-refractivity contribution is -0.141. The second-order valence-electron chi connectivity index (χ2n) is 9.51. The number of para-hydroxylation sites is 2. The van der Waals surface area contributed by atoms with Crippen LogP contribution in [-0.4, -0.2) is 30.2 Å². The summed E-state index contributed by atoms with van der Waals surface area (Å²) in [5, 5.41) is 2.82. The quantitative estimate of drug-likeness (QED) is 0.294. The Kier molecular flexibility index (Phi) is 5.60. The van der Waals surface area contributed by atoms with Gasteiger partial charge in [-0.3, -0.25) is 9.20 Å². The van der Waals surface area contributed by atoms with E-state index in [4.69, 9.17) is 10.7 Å². The Morgan fingerprint density at radius 1 is 1.03 bits per heavy atom. The lowest BCUT2D eigenvalue weighted by Gasteiger charge is -2.16. The summed E-state index contributed by atoms with van der Waals surface area (Å²) in [5.74, 6) is 0.330. The highest BCUT2D eigenvalue weighted by molar-refractivity contribution is 6.05. The number of alkyl halides is 3. The van der Waals surface area contributed by atoms with Crippen LogP contribution in [0.3, 0.4) is 0 Å². The summed E-state index contributed by atoms with van der Waals surface area (Å²) in [7, 11) is 0. The molecule has 6 rings (SSSR count). The zero-order valence-electron chi connectivity index (χ0n) is 20.7. The monoisotopic (exact) mass is 529 g/mol. The Bertz CT molecular complexity index is 1720. The molecule has 3 N–H and O–H groups in total. The highest BCUT2D eigenvalue weighted by Crippen LogP contribution is 2.52. The number of imidazole rings is 1. The van der Waals surface area contributed by atoms with Crippen LogP contribution in [0, 0.1) is 6.92 Å². The van der Waals surface area contributed by atoms with Gasteiger partial charge in [-0.05, 0) is 55.7 Å². The number of aryl methyl sites for hydroxylation is 1. The van der Waals surface area contributed by atoms with E-state index in [1.807, 2.05) is 12.1 Å². The normalized spacial score (nSPS) is 14.4. The molecular formula is C28H22F3N7O. The number of carbonyl (C=O) groups is 1. The van der Waals surface area contributed by atoms with Crippen LogP contribution in [0.15, 0.2) is 73.2 Å². The van der Waals surface area contributed by atoms with E-state index in [0.717, 1.165) is 30.8 Å². The average molecular weight is 530 g/mol. The van der Waals surface area contributed by atoms with Gasteiger partial charge in [0.2, 0.25) is 0 Å². The number of halogens is 3. The van der Waals surface area contributed by atoms with Crippen molar-refractivity contribution in [3.63, 3.8) is 0 Å². The van der Waals surface area contributed by atoms with Crippen molar-refractivity contribution >= 4 is 22.9 Å². The van der Waals surface area contributed by atoms with Gasteiger partial charge in [-0.1, -0.05) is 24.3 Å². The second-order valence-corrected chi connectivity index (χ2v) is 9.51. The number of nitrogens with one attached hydrogen (secondary N) is 1. The third-order valence-electron chi connectivity index (χ3n) is 6.97. The molecule has 0 spiro atoms. The molecule has 0 aliphatic heterocycles. The molecule has 1 fully saturated rings. The van der Waals surface area contributed by atoms with Crippen molar-refractivity contribution in [2.45, 2.75) is 31.4 Å². The van der Waals surface area contributed by atoms with Crippen LogP contribution in [0.2, 0.25) is 0 Å². The molecule has 1 aliphatic carbocycles. The van der Waals surface area contributed by atoms with Gasteiger partial charge in [0.15, 0.2) is 0 Å². The SMILES string of the molecule is Cc1nc2cc(C(F)(F)F)ncn2c1-c1ccnc(C2(c3ccc(C(=O)Nc4ccccc4N)cc3)CC2)n1. The van der Waals surface area contributed by atoms with E-state index in [-0.39, 0.29) is 11.6 Å². The molecule has 1 saturated carbocycles. The molecule has 2 aromatic carbocycles. The lowest BCUT2D eigenvalue weighted by Crippen LogP contribution is -2.16. The van der Waals surface area contributed by atoms with Gasteiger partial charge < -0.3 is 11.1 Å². The minimum absolute atomic E-state index is 0.136. The van der Waals surface area contributed by atoms with E-state index in [1.54, 1.807) is 55.6 Å². The van der Waals surface area contributed by atoms with E-state index < -0.39 is 17.3 Å². The zero-order chi connectivity index (χ0) is 27.4. The Balaban J connectivity index is 1.29. The summed E-state index contributed by atoms with van der Waals surface area (Å²) >= 11 is 0. The van der Waals surface area contributed by atoms with Gasteiger partial charge in [-0.15, -0.1) is 0 Å². The minimum Gasteiger partial charge on any atom is -0.397 e. The molecular weight excluding hydrogens is 507 g/mol. The Labute approximate surface area is 220 Å². The molecule has 3 heterocycles. The van der Waals surface area contributed by atoms with Gasteiger partial charge in [0, 0.05) is 17.8 Å². The first kappa shape index (κ1) is 24.5. The molecule has 0 saturated heterocycles. The highest BCUT2D eigenvalue weighted by atomic mass is 19.4. The van der Waals surface area contributed by atoms with Gasteiger partial charge in [0.25, 0.3) is 5.91 Å². The molecule has 0 atom stereocenters. The topological polar surface area (TPSA) is 111 Å². The van der Waals surface area contributed by atoms with Crippen molar-refractivity contribution in [1.82, 2.24) is 24.3 Å². The fourth-order valence-electron chi connectivity index (χ4n) is 4.76. The summed E-state index contributed by atoms with van der Waals surface area (Å²) in [6.45, 7) is 1.72. The summed E-state index contributed by atoms with van der Waals surface area (Å²) in [6.07, 6.45) is -0.154. The second kappa shape index (κ2) is 8.90. The standard InChI is InChI=1S/C28H22F3N7O/c1-16-24(38-15-34-22(28(29,30)31)14-23(38)35-16)21-10-13-33-26(37-21)27(11-12-27)18-8-6-17(7-9-18)25(39)36-20-5-3-2-4-19(20)32/h2-10,13-15H,11-12,32H2,1H3,(H,36,39). The maximum absolute atomic E-state index is 13.1. The number of nitrogen functional groups attached to an aromatic ring is 1. The van der Waals surface area contributed by atoms with Crippen LogP contribution in [0.25, 0.3) is 17.0 Å². The molecule has 5 aromatic rings. The molecule has 0 unspecified atom stereocenters. The number of hydrogen-bond acceptors (Lipinski definition) is 6. The van der Waals surface area contributed by atoms with E-state index in [9.17, 15) is 18.0 Å². The van der Waals surface area contributed by atoms with E-state index in [2.05, 4.69) is 20.3 Å². The summed E-state index contributed by atoms with van der Waals surface area (Å²) in [4.78, 5) is 30.0. The molecule has 39 heavy (non-hydrogen) atoms. The molecule has 8 nitrogen and oxygen atoms in total. The number of benzene rings is 2. The highest BCUT2D eigenvalue weighted by Gasteiger charge is 2.48. The van der Waals surface area contributed by atoms with Gasteiger partial charge in [0.05, 0.1) is 33.9 Å². The zero-order valence-corrected chi connectivity index (χ0v) is 20.7. The Morgan fingerprint density at radius 3 is 2.46 bits per heavy atom. The van der Waals surface area contributed by atoms with Crippen molar-refractivity contribution < 1.29 is 18.0 Å². The number of nitrogens with zero attached hydrogens (tertiary/aromatic N) is 5. The van der Waals surface area contributed by atoms with Gasteiger partial charge in [0.1, 0.15) is 23.5 Å². The minimum atomic E-state index is -4.56. The van der Waals surface area contributed by atoms with Crippen LogP contribution in [0.1, 0.15) is 46.0 Å². The third kappa shape index (κ3) is 4.35. The van der Waals surface area contributed by atoms with Crippen molar-refractivity contribution in [2.75, 3.05) is 11.1 Å². The van der Waals surface area contributed by atoms with Crippen molar-refractivity contribution in [3.05, 3.63) is 102 Å². The number of aromatic nitrogens is 5. The summed E-state index contributed by atoms with van der Waals surface area (Å²) < 4.78 is 40.9. The molecule has 11 heteroatoms. The predicted octanol–water partition coefficient (Wildman–Crippen LogP) is 5.43. The van der Waals surface area contributed by atoms with Crippen LogP contribution < -0.4 is 11.1 Å². The van der Waals surface area contributed by atoms with E-state index >= 15 is 0 Å². The average Bonchev–Trinajstić information content (AvgIpc) is 3.66. The van der Waals surface area contributed by atoms with E-state index in [0.29, 0.717) is 39.8 Å². The first-order valence-corrected chi connectivity index (χ1v) is 12.2. The maximum Gasteiger partial charge on any atom is 0.433 e. The number of rotatable bonds is 5. The summed E-state index contributed by atoms with van der Waals surface area (Å²) in [5.41, 5.74) is 8.75. The van der Waals surface area contributed by atoms with Crippen molar-refractivity contribution in [3.8, 4) is 11.4 Å². The van der Waals surface area contributed by atoms with Crippen LogP contribution in [0.4, 0.5) is 24.5 Å². The van der Waals surface area contributed by atoms with Crippen LogP contribution in [-0.2, 0) is 11.6 Å². The molecule has 0 radical (unpaired) electrons. The Morgan fingerprint density at radius 2 is 1.77 bits per heavy atom. The maximum atomic E-state index is 13.1. The summed E-state index contributed by atoms with van der Waals surface area (Å²) in [6, 6.07) is 17.0. The van der Waals surface area contributed by atoms with Crippen molar-refractivity contribution in [1.29, 1.82) is 0 Å². The fourth-order valence-corrected chi connectivity index (χ4v) is 4.76. The smallest absolute Gasteiger partial charge is 0.397 e. The van der Waals surface area contributed by atoms with Crippen LogP contribution >= 0.6 is 0 Å². The predicted molar refractivity (Wildman–Crippen MR) is 139 cm³/mol. The lowest BCUT2D eigenvalue weighted by atomic mass is 9.93. The largest absolute Gasteiger partial charge is 0.433 e. The number of fused-ring (bicyclic) bond motifs is 1. The first-order chi connectivity index (χ1) is 18.7. The van der Waals surface area contributed by atoms with Crippen molar-refractivity contribution in [2.24, 2.45) is 0 Å². The number of hydrogen-bond donors (Lipinski definition) is 2. The first-order valence-electron chi connectivity index (χ1n) is 12.2.